The van der Waals surface area contributed by atoms with Crippen LogP contribution in [0.25, 0.3) is 17.2 Å². The van der Waals surface area contributed by atoms with Gasteiger partial charge in [0.25, 0.3) is 0 Å². The molecule has 0 spiro atoms. The van der Waals surface area contributed by atoms with Crippen molar-refractivity contribution in [2.75, 3.05) is 12.4 Å². The number of aliphatic hydroxyl groups is 1. The van der Waals surface area contributed by atoms with E-state index in [0.29, 0.717) is 12.8 Å². The molecular weight excluding hydrogens is 434 g/mol. The van der Waals surface area contributed by atoms with Crippen LogP contribution < -0.4 is 10.1 Å². The summed E-state index contributed by atoms with van der Waals surface area (Å²) in [6, 6.07) is 23.6. The number of hydrogen-bond acceptors (Lipinski definition) is 3. The molecule has 0 aromatic heterocycles. The van der Waals surface area contributed by atoms with Crippen LogP contribution >= 0.6 is 0 Å². The van der Waals surface area contributed by atoms with E-state index < -0.39 is 0 Å². The largest absolute Gasteiger partial charge is 0.508 e. The SMILES string of the molecule is C=C(/C=C\C(O)=C/C)/C=C/c1ccccc1-c1ccccc1NC(=O)CCc1ccc(OC)cc1. The number of aliphatic hydroxyl groups excluding tert-OH is 1. The summed E-state index contributed by atoms with van der Waals surface area (Å²) in [5.41, 5.74) is 5.55. The van der Waals surface area contributed by atoms with Gasteiger partial charge in [-0.1, -0.05) is 79.4 Å². The number of nitrogens with one attached hydrogen (secondary N) is 1. The first kappa shape index (κ1) is 25.3. The van der Waals surface area contributed by atoms with Crippen LogP contribution in [0.4, 0.5) is 5.69 Å². The van der Waals surface area contributed by atoms with Gasteiger partial charge in [0.1, 0.15) is 11.5 Å². The topological polar surface area (TPSA) is 58.6 Å². The Kier molecular flexibility index (Phi) is 9.26. The fraction of sp³-hybridized carbons (Fsp3) is 0.129. The summed E-state index contributed by atoms with van der Waals surface area (Å²) in [5, 5.41) is 12.7. The highest BCUT2D eigenvalue weighted by atomic mass is 16.5. The van der Waals surface area contributed by atoms with E-state index >= 15 is 0 Å². The van der Waals surface area contributed by atoms with Crippen LogP contribution in [-0.4, -0.2) is 18.1 Å². The maximum Gasteiger partial charge on any atom is 0.224 e. The van der Waals surface area contributed by atoms with Crippen molar-refractivity contribution >= 4 is 17.7 Å². The number of aryl methyl sites for hydroxylation is 1. The second-order valence-electron chi connectivity index (χ2n) is 7.98. The van der Waals surface area contributed by atoms with Crippen molar-refractivity contribution in [3.05, 3.63) is 126 Å². The molecule has 3 aromatic rings. The molecule has 35 heavy (non-hydrogen) atoms. The molecule has 0 bridgehead atoms. The molecule has 0 aliphatic rings. The summed E-state index contributed by atoms with van der Waals surface area (Å²) in [5.74, 6) is 0.954. The van der Waals surface area contributed by atoms with Gasteiger partial charge in [-0.2, -0.15) is 0 Å². The summed E-state index contributed by atoms with van der Waals surface area (Å²) >= 11 is 0. The van der Waals surface area contributed by atoms with Crippen molar-refractivity contribution < 1.29 is 14.6 Å². The minimum Gasteiger partial charge on any atom is -0.508 e. The molecule has 4 nitrogen and oxygen atoms in total. The molecule has 3 rings (SSSR count). The highest BCUT2D eigenvalue weighted by Gasteiger charge is 2.11. The van der Waals surface area contributed by atoms with E-state index in [2.05, 4.69) is 11.9 Å². The summed E-state index contributed by atoms with van der Waals surface area (Å²) in [4.78, 5) is 12.8. The van der Waals surface area contributed by atoms with Crippen molar-refractivity contribution in [3.63, 3.8) is 0 Å². The third-order valence-electron chi connectivity index (χ3n) is 5.49. The Labute approximate surface area is 207 Å². The lowest BCUT2D eigenvalue weighted by Crippen LogP contribution is -2.13. The van der Waals surface area contributed by atoms with Crippen molar-refractivity contribution in [2.24, 2.45) is 0 Å². The number of methoxy groups -OCH3 is 1. The maximum atomic E-state index is 12.8. The van der Waals surface area contributed by atoms with E-state index in [1.165, 1.54) is 0 Å². The molecular formula is C31H31NO3. The molecule has 1 amide bonds. The first-order valence-corrected chi connectivity index (χ1v) is 11.5. The van der Waals surface area contributed by atoms with E-state index in [4.69, 9.17) is 4.74 Å². The predicted molar refractivity (Wildman–Crippen MR) is 146 cm³/mol. The lowest BCUT2D eigenvalue weighted by molar-refractivity contribution is -0.116. The molecule has 4 heteroatoms. The van der Waals surface area contributed by atoms with Gasteiger partial charge in [-0.05, 0) is 66.0 Å². The number of hydrogen-bond donors (Lipinski definition) is 2. The predicted octanol–water partition coefficient (Wildman–Crippen LogP) is 7.52. The molecule has 2 N–H and O–H groups in total. The Morgan fingerprint density at radius 1 is 0.943 bits per heavy atom. The number of allylic oxidation sites excluding steroid dienone is 5. The zero-order valence-corrected chi connectivity index (χ0v) is 20.2. The molecule has 0 saturated carbocycles. The smallest absolute Gasteiger partial charge is 0.224 e. The van der Waals surface area contributed by atoms with Gasteiger partial charge >= 0.3 is 0 Å². The monoisotopic (exact) mass is 465 g/mol. The molecule has 0 fully saturated rings. The molecule has 178 valence electrons. The van der Waals surface area contributed by atoms with Crippen LogP contribution in [-0.2, 0) is 11.2 Å². The van der Waals surface area contributed by atoms with Crippen LogP contribution in [0.5, 0.6) is 5.75 Å². The number of carbonyl (C=O) groups is 1. The molecule has 0 radical (unpaired) electrons. The molecule has 0 saturated heterocycles. The van der Waals surface area contributed by atoms with Crippen molar-refractivity contribution in [1.29, 1.82) is 0 Å². The summed E-state index contributed by atoms with van der Waals surface area (Å²) in [6.45, 7) is 5.78. The Hall–Kier alpha value is -4.31. The number of para-hydroxylation sites is 1. The average Bonchev–Trinajstić information content (AvgIpc) is 2.90. The van der Waals surface area contributed by atoms with E-state index in [1.807, 2.05) is 84.9 Å². The van der Waals surface area contributed by atoms with E-state index in [1.54, 1.807) is 32.3 Å². The molecule has 0 aliphatic heterocycles. The Morgan fingerprint density at radius 2 is 1.63 bits per heavy atom. The number of carbonyl (C=O) groups excluding carboxylic acids is 1. The lowest BCUT2D eigenvalue weighted by atomic mass is 9.97. The Bertz CT molecular complexity index is 1250. The van der Waals surface area contributed by atoms with Crippen LogP contribution in [0, 0.1) is 0 Å². The maximum absolute atomic E-state index is 12.8. The molecule has 0 unspecified atom stereocenters. The molecule has 0 atom stereocenters. The van der Waals surface area contributed by atoms with Crippen LogP contribution in [0.2, 0.25) is 0 Å². The average molecular weight is 466 g/mol. The minimum atomic E-state index is -0.0383. The first-order valence-electron chi connectivity index (χ1n) is 11.5. The second kappa shape index (κ2) is 12.8. The number of rotatable bonds is 10. The zero-order valence-electron chi connectivity index (χ0n) is 20.2. The Morgan fingerprint density at radius 3 is 2.34 bits per heavy atom. The number of ether oxygens (including phenoxy) is 1. The van der Waals surface area contributed by atoms with Crippen molar-refractivity contribution in [2.45, 2.75) is 19.8 Å². The van der Waals surface area contributed by atoms with Crippen LogP contribution in [0.15, 0.2) is 115 Å². The van der Waals surface area contributed by atoms with E-state index in [-0.39, 0.29) is 11.7 Å². The number of benzene rings is 3. The van der Waals surface area contributed by atoms with Gasteiger partial charge in [-0.15, -0.1) is 0 Å². The van der Waals surface area contributed by atoms with Gasteiger partial charge in [0.15, 0.2) is 0 Å². The number of amides is 1. The highest BCUT2D eigenvalue weighted by Crippen LogP contribution is 2.31. The summed E-state index contributed by atoms with van der Waals surface area (Å²) < 4.78 is 5.19. The number of anilines is 1. The quantitative estimate of drug-likeness (QED) is 0.240. The van der Waals surface area contributed by atoms with E-state index in [0.717, 1.165) is 39.3 Å². The third kappa shape index (κ3) is 7.61. The van der Waals surface area contributed by atoms with Crippen molar-refractivity contribution in [1.82, 2.24) is 0 Å². The van der Waals surface area contributed by atoms with Gasteiger partial charge in [-0.3, -0.25) is 4.79 Å². The standard InChI is InChI=1S/C31H31NO3/c1-4-26(33)19-14-23(2)13-18-25-9-5-6-10-28(25)29-11-7-8-12-30(29)32-31(34)22-17-24-15-20-27(35-3)21-16-24/h4-16,18-21,33H,2,17,22H2,1,3H3,(H,32,34)/b18-13+,19-14-,26-4+. The normalized spacial score (nSPS) is 11.7. The summed E-state index contributed by atoms with van der Waals surface area (Å²) in [6.07, 6.45) is 9.89. The second-order valence-corrected chi connectivity index (χ2v) is 7.98. The third-order valence-corrected chi connectivity index (χ3v) is 5.49. The zero-order chi connectivity index (χ0) is 25.0. The highest BCUT2D eigenvalue weighted by molar-refractivity contribution is 5.96. The van der Waals surface area contributed by atoms with Crippen LogP contribution in [0.1, 0.15) is 24.5 Å². The summed E-state index contributed by atoms with van der Waals surface area (Å²) in [7, 11) is 1.64. The molecule has 0 aliphatic carbocycles. The fourth-order valence-corrected chi connectivity index (χ4v) is 3.52. The molecule has 0 heterocycles. The van der Waals surface area contributed by atoms with Gasteiger partial charge in [0, 0.05) is 17.7 Å². The van der Waals surface area contributed by atoms with Gasteiger partial charge < -0.3 is 15.2 Å². The van der Waals surface area contributed by atoms with E-state index in [9.17, 15) is 9.90 Å². The first-order chi connectivity index (χ1) is 17.0. The Balaban J connectivity index is 1.75. The van der Waals surface area contributed by atoms with Gasteiger partial charge in [0.2, 0.25) is 5.91 Å². The van der Waals surface area contributed by atoms with Gasteiger partial charge in [0.05, 0.1) is 7.11 Å². The van der Waals surface area contributed by atoms with Gasteiger partial charge in [-0.25, -0.2) is 0 Å². The van der Waals surface area contributed by atoms with Crippen LogP contribution in [0.3, 0.4) is 0 Å². The van der Waals surface area contributed by atoms with Crippen molar-refractivity contribution in [3.8, 4) is 16.9 Å². The fourth-order valence-electron chi connectivity index (χ4n) is 3.52. The lowest BCUT2D eigenvalue weighted by Gasteiger charge is -2.13. The molecule has 3 aromatic carbocycles. The minimum absolute atomic E-state index is 0.0383.